The quantitative estimate of drug-likeness (QED) is 0.526. The molecule has 0 spiro atoms. The van der Waals surface area contributed by atoms with Gasteiger partial charge in [0, 0.05) is 0 Å². The van der Waals surface area contributed by atoms with Gasteiger partial charge >= 0.3 is 6.09 Å². The normalized spacial score (nSPS) is 27.3. The van der Waals surface area contributed by atoms with Crippen LogP contribution in [0.25, 0.3) is 11.2 Å². The predicted molar refractivity (Wildman–Crippen MR) is 80.3 cm³/mol. The van der Waals surface area contributed by atoms with E-state index in [2.05, 4.69) is 25.0 Å². The van der Waals surface area contributed by atoms with E-state index in [-0.39, 0.29) is 16.9 Å². The fourth-order valence-electron chi connectivity index (χ4n) is 2.74. The number of halogens is 2. The summed E-state index contributed by atoms with van der Waals surface area (Å²) >= 11 is 11.8. The number of aliphatic hydroxyl groups is 2. The van der Waals surface area contributed by atoms with Crippen molar-refractivity contribution in [2.24, 2.45) is 0 Å². The van der Waals surface area contributed by atoms with Crippen LogP contribution >= 0.6 is 23.2 Å². The van der Waals surface area contributed by atoms with Gasteiger partial charge in [-0.25, -0.2) is 14.8 Å². The molecule has 1 fully saturated rings. The van der Waals surface area contributed by atoms with Crippen LogP contribution in [-0.4, -0.2) is 61.2 Å². The van der Waals surface area contributed by atoms with Crippen molar-refractivity contribution >= 4 is 40.5 Å². The molecule has 1 amide bonds. The molecule has 2 heterocycles. The van der Waals surface area contributed by atoms with Gasteiger partial charge in [-0.3, -0.25) is 0 Å². The molecule has 1 saturated carbocycles. The van der Waals surface area contributed by atoms with Gasteiger partial charge in [0.25, 0.3) is 0 Å². The molecule has 0 aromatic carbocycles. The molecular weight excluding hydrogens is 349 g/mol. The minimum atomic E-state index is -1.16. The highest BCUT2D eigenvalue weighted by Gasteiger charge is 2.44. The maximum Gasteiger partial charge on any atom is 0.407 e. The second-order valence-electron chi connectivity index (χ2n) is 5.13. The van der Waals surface area contributed by atoms with Gasteiger partial charge < -0.3 is 24.8 Å². The van der Waals surface area contributed by atoms with Gasteiger partial charge in [0.05, 0.1) is 25.5 Å². The fraction of sp³-hybridized carbons (Fsp3) is 0.500. The van der Waals surface area contributed by atoms with Crippen molar-refractivity contribution in [2.45, 2.75) is 30.7 Å². The second kappa shape index (κ2) is 6.08. The molecule has 11 heteroatoms. The highest BCUT2D eigenvalue weighted by Crippen LogP contribution is 2.34. The van der Waals surface area contributed by atoms with Gasteiger partial charge in [0.2, 0.25) is 5.28 Å². The lowest BCUT2D eigenvalue weighted by Crippen LogP contribution is -2.43. The third-order valence-corrected chi connectivity index (χ3v) is 4.28. The Balaban J connectivity index is 1.94. The first-order chi connectivity index (χ1) is 10.9. The average Bonchev–Trinajstić information content (AvgIpc) is 3.03. The van der Waals surface area contributed by atoms with Crippen LogP contribution in [0.3, 0.4) is 0 Å². The van der Waals surface area contributed by atoms with Gasteiger partial charge in [-0.15, -0.1) is 0 Å². The molecule has 3 N–H and O–H groups in total. The molecule has 0 aliphatic heterocycles. The summed E-state index contributed by atoms with van der Waals surface area (Å²) < 4.78 is 6.06. The maximum atomic E-state index is 11.3. The SMILES string of the molecule is COC(=O)N[C@H]1C[C@@H](n2cnc3c(Cl)nc(Cl)nc32)[C@H](O)[C@@H]1O. The van der Waals surface area contributed by atoms with Crippen molar-refractivity contribution in [1.82, 2.24) is 24.8 Å². The van der Waals surface area contributed by atoms with Crippen LogP contribution in [0.5, 0.6) is 0 Å². The molecule has 0 saturated heterocycles. The Bertz CT molecular complexity index is 754. The molecule has 2 aromatic heterocycles. The van der Waals surface area contributed by atoms with Crippen LogP contribution < -0.4 is 5.32 Å². The Hall–Kier alpha value is -1.68. The lowest BCUT2D eigenvalue weighted by atomic mass is 10.2. The second-order valence-corrected chi connectivity index (χ2v) is 5.83. The summed E-state index contributed by atoms with van der Waals surface area (Å²) in [6, 6.07) is -1.24. The summed E-state index contributed by atoms with van der Waals surface area (Å²) in [6.07, 6.45) is -1.30. The van der Waals surface area contributed by atoms with Crippen molar-refractivity contribution in [3.63, 3.8) is 0 Å². The van der Waals surface area contributed by atoms with Crippen molar-refractivity contribution in [3.8, 4) is 0 Å². The average molecular weight is 362 g/mol. The van der Waals surface area contributed by atoms with E-state index in [0.29, 0.717) is 11.2 Å². The number of alkyl carbamates (subject to hydrolysis) is 1. The summed E-state index contributed by atoms with van der Waals surface area (Å²) in [5, 5.41) is 22.9. The third-order valence-electron chi connectivity index (χ3n) is 3.85. The predicted octanol–water partition coefficient (Wildman–Crippen LogP) is 0.524. The summed E-state index contributed by atoms with van der Waals surface area (Å²) in [6.45, 7) is 0. The van der Waals surface area contributed by atoms with E-state index in [9.17, 15) is 15.0 Å². The number of nitrogens with one attached hydrogen (secondary N) is 1. The zero-order chi connectivity index (χ0) is 16.7. The van der Waals surface area contributed by atoms with E-state index in [4.69, 9.17) is 23.2 Å². The minimum Gasteiger partial charge on any atom is -0.453 e. The Morgan fingerprint density at radius 2 is 2.13 bits per heavy atom. The summed E-state index contributed by atoms with van der Waals surface area (Å²) in [4.78, 5) is 23.3. The van der Waals surface area contributed by atoms with Crippen molar-refractivity contribution < 1.29 is 19.7 Å². The third kappa shape index (κ3) is 2.80. The number of amides is 1. The van der Waals surface area contributed by atoms with Crippen LogP contribution in [0.2, 0.25) is 10.4 Å². The molecule has 1 aliphatic carbocycles. The molecule has 124 valence electrons. The number of rotatable bonds is 2. The van der Waals surface area contributed by atoms with Crippen LogP contribution in [0.15, 0.2) is 6.33 Å². The van der Waals surface area contributed by atoms with Crippen LogP contribution in [0.4, 0.5) is 4.79 Å². The van der Waals surface area contributed by atoms with E-state index < -0.39 is 30.4 Å². The Kier molecular flexibility index (Phi) is 4.28. The number of ether oxygens (including phenoxy) is 1. The Morgan fingerprint density at radius 1 is 1.39 bits per heavy atom. The highest BCUT2D eigenvalue weighted by atomic mass is 35.5. The first kappa shape index (κ1) is 16.2. The maximum absolute atomic E-state index is 11.3. The molecule has 3 rings (SSSR count). The Labute approximate surface area is 140 Å². The molecule has 23 heavy (non-hydrogen) atoms. The molecule has 0 bridgehead atoms. The van der Waals surface area contributed by atoms with Crippen LogP contribution in [0.1, 0.15) is 12.5 Å². The van der Waals surface area contributed by atoms with E-state index in [1.165, 1.54) is 13.4 Å². The van der Waals surface area contributed by atoms with Gasteiger partial charge in [-0.2, -0.15) is 4.98 Å². The van der Waals surface area contributed by atoms with Crippen molar-refractivity contribution in [3.05, 3.63) is 16.8 Å². The van der Waals surface area contributed by atoms with Gasteiger partial charge in [0.1, 0.15) is 17.7 Å². The monoisotopic (exact) mass is 361 g/mol. The van der Waals surface area contributed by atoms with E-state index in [1.807, 2.05) is 0 Å². The molecule has 2 aromatic rings. The minimum absolute atomic E-state index is 0.0541. The van der Waals surface area contributed by atoms with E-state index in [0.717, 1.165) is 0 Å². The lowest BCUT2D eigenvalue weighted by molar-refractivity contribution is 0.0142. The number of methoxy groups -OCH3 is 1. The summed E-state index contributed by atoms with van der Waals surface area (Å²) in [5.74, 6) is 0. The standard InChI is InChI=1S/C12H13Cl2N5O4/c1-23-12(22)16-4-2-5(8(21)7(4)20)19-3-15-6-9(13)17-11(14)18-10(6)19/h3-5,7-8,20-21H,2H2,1H3,(H,16,22)/t4-,5+,7+,8-/m0/s1. The molecule has 4 atom stereocenters. The van der Waals surface area contributed by atoms with Gasteiger partial charge in [-0.05, 0) is 18.0 Å². The van der Waals surface area contributed by atoms with Crippen LogP contribution in [0, 0.1) is 0 Å². The fourth-order valence-corrected chi connectivity index (χ4v) is 3.16. The first-order valence-electron chi connectivity index (χ1n) is 6.68. The summed E-state index contributed by atoms with van der Waals surface area (Å²) in [5.41, 5.74) is 0.673. The van der Waals surface area contributed by atoms with Gasteiger partial charge in [-0.1, -0.05) is 11.6 Å². The zero-order valence-corrected chi connectivity index (χ0v) is 13.4. The summed E-state index contributed by atoms with van der Waals surface area (Å²) in [7, 11) is 1.22. The van der Waals surface area contributed by atoms with Crippen molar-refractivity contribution in [2.75, 3.05) is 7.11 Å². The Morgan fingerprint density at radius 3 is 2.83 bits per heavy atom. The van der Waals surface area contributed by atoms with Crippen molar-refractivity contribution in [1.29, 1.82) is 0 Å². The topological polar surface area (TPSA) is 122 Å². The number of carbonyl (C=O) groups excluding carboxylic acids is 1. The molecule has 0 unspecified atom stereocenters. The van der Waals surface area contributed by atoms with Gasteiger partial charge in [0.15, 0.2) is 10.8 Å². The number of aliphatic hydroxyl groups excluding tert-OH is 2. The van der Waals surface area contributed by atoms with Crippen LogP contribution in [-0.2, 0) is 4.74 Å². The zero-order valence-electron chi connectivity index (χ0n) is 11.8. The number of carbonyl (C=O) groups is 1. The number of aromatic nitrogens is 4. The number of hydrogen-bond donors (Lipinski definition) is 3. The molecule has 0 radical (unpaired) electrons. The number of imidazole rings is 1. The number of hydrogen-bond acceptors (Lipinski definition) is 7. The first-order valence-corrected chi connectivity index (χ1v) is 7.44. The molecule has 9 nitrogen and oxygen atoms in total. The van der Waals surface area contributed by atoms with E-state index in [1.54, 1.807) is 4.57 Å². The lowest BCUT2D eigenvalue weighted by Gasteiger charge is -2.18. The number of nitrogens with zero attached hydrogens (tertiary/aromatic N) is 4. The smallest absolute Gasteiger partial charge is 0.407 e. The largest absolute Gasteiger partial charge is 0.453 e. The molecular formula is C12H13Cl2N5O4. The molecule has 1 aliphatic rings. The van der Waals surface area contributed by atoms with E-state index >= 15 is 0 Å². The number of fused-ring (bicyclic) bond motifs is 1. The highest BCUT2D eigenvalue weighted by molar-refractivity contribution is 6.35.